The van der Waals surface area contributed by atoms with Crippen molar-refractivity contribution in [3.8, 4) is 5.75 Å². The molecule has 1 N–H and O–H groups in total. The summed E-state index contributed by atoms with van der Waals surface area (Å²) in [7, 11) is 0. The number of carbonyl (C=O) groups excluding carboxylic acids is 1. The summed E-state index contributed by atoms with van der Waals surface area (Å²) >= 11 is 1.70. The Morgan fingerprint density at radius 2 is 2.18 bits per heavy atom. The monoisotopic (exact) mass is 316 g/mol. The molecule has 0 spiro atoms. The van der Waals surface area contributed by atoms with Crippen molar-refractivity contribution in [3.05, 3.63) is 46.7 Å². The van der Waals surface area contributed by atoms with Gasteiger partial charge in [-0.05, 0) is 30.0 Å². The normalized spacial score (nSPS) is 13.4. The Morgan fingerprint density at radius 3 is 3.05 bits per heavy atom. The average Bonchev–Trinajstić information content (AvgIpc) is 3.07. The van der Waals surface area contributed by atoms with Crippen molar-refractivity contribution in [2.45, 2.75) is 12.8 Å². The first kappa shape index (κ1) is 14.9. The summed E-state index contributed by atoms with van der Waals surface area (Å²) < 4.78 is 5.63. The van der Waals surface area contributed by atoms with E-state index in [9.17, 15) is 4.79 Å². The molecule has 0 radical (unpaired) electrons. The summed E-state index contributed by atoms with van der Waals surface area (Å²) in [5, 5.41) is 5.05. The molecule has 1 aromatic carbocycles. The fourth-order valence-corrected chi connectivity index (χ4v) is 3.28. The van der Waals surface area contributed by atoms with Gasteiger partial charge in [0.25, 0.3) is 0 Å². The molecule has 3 rings (SSSR count). The van der Waals surface area contributed by atoms with E-state index in [1.807, 2.05) is 29.6 Å². The smallest absolute Gasteiger partial charge is 0.220 e. The minimum absolute atomic E-state index is 0.120. The molecule has 1 amide bonds. The van der Waals surface area contributed by atoms with Gasteiger partial charge in [-0.3, -0.25) is 4.79 Å². The van der Waals surface area contributed by atoms with Crippen LogP contribution >= 0.6 is 11.3 Å². The average molecular weight is 316 g/mol. The summed E-state index contributed by atoms with van der Waals surface area (Å²) in [6.07, 6.45) is 1.38. The van der Waals surface area contributed by atoms with Crippen LogP contribution < -0.4 is 15.0 Å². The van der Waals surface area contributed by atoms with Gasteiger partial charge in [-0.2, -0.15) is 0 Å². The fraction of sp³-hybridized carbons (Fsp3) is 0.353. The minimum atomic E-state index is 0.120. The van der Waals surface area contributed by atoms with E-state index in [1.54, 1.807) is 11.3 Å². The SMILES string of the molecule is O=C(CCc1cccs1)NCCN1CCOc2ccccc21. The van der Waals surface area contributed by atoms with Gasteiger partial charge in [0.1, 0.15) is 12.4 Å². The van der Waals surface area contributed by atoms with Crippen molar-refractivity contribution in [1.82, 2.24) is 5.32 Å². The van der Waals surface area contributed by atoms with Crippen LogP contribution in [-0.4, -0.2) is 32.1 Å². The lowest BCUT2D eigenvalue weighted by atomic mass is 10.2. The van der Waals surface area contributed by atoms with Gasteiger partial charge in [0.05, 0.1) is 12.2 Å². The van der Waals surface area contributed by atoms with Gasteiger partial charge in [-0.15, -0.1) is 11.3 Å². The number of anilines is 1. The molecule has 1 aliphatic rings. The van der Waals surface area contributed by atoms with Gasteiger partial charge < -0.3 is 15.0 Å². The van der Waals surface area contributed by atoms with E-state index in [0.29, 0.717) is 19.6 Å². The number of aryl methyl sites for hydroxylation is 1. The van der Waals surface area contributed by atoms with Crippen LogP contribution in [0.25, 0.3) is 0 Å². The number of ether oxygens (including phenoxy) is 1. The van der Waals surface area contributed by atoms with Crippen molar-refractivity contribution < 1.29 is 9.53 Å². The summed E-state index contributed by atoms with van der Waals surface area (Å²) in [5.74, 6) is 1.05. The molecule has 22 heavy (non-hydrogen) atoms. The Kier molecular flexibility index (Phi) is 4.96. The quantitative estimate of drug-likeness (QED) is 0.891. The Hall–Kier alpha value is -2.01. The second-order valence-corrected chi connectivity index (χ2v) is 6.26. The maximum Gasteiger partial charge on any atom is 0.220 e. The van der Waals surface area contributed by atoms with Gasteiger partial charge in [-0.25, -0.2) is 0 Å². The molecule has 0 bridgehead atoms. The zero-order chi connectivity index (χ0) is 15.2. The van der Waals surface area contributed by atoms with E-state index >= 15 is 0 Å². The Balaban J connectivity index is 1.42. The number of nitrogens with zero attached hydrogens (tertiary/aromatic N) is 1. The molecule has 0 saturated heterocycles. The lowest BCUT2D eigenvalue weighted by Gasteiger charge is -2.31. The van der Waals surface area contributed by atoms with Crippen LogP contribution in [0.2, 0.25) is 0 Å². The summed E-state index contributed by atoms with van der Waals surface area (Å²) in [6, 6.07) is 12.1. The highest BCUT2D eigenvalue weighted by Crippen LogP contribution is 2.30. The van der Waals surface area contributed by atoms with Crippen LogP contribution in [0.3, 0.4) is 0 Å². The van der Waals surface area contributed by atoms with E-state index in [2.05, 4.69) is 22.3 Å². The van der Waals surface area contributed by atoms with Gasteiger partial charge in [0.15, 0.2) is 0 Å². The summed E-state index contributed by atoms with van der Waals surface area (Å²) in [4.78, 5) is 15.4. The number of amides is 1. The fourth-order valence-electron chi connectivity index (χ4n) is 2.57. The molecular formula is C17H20N2O2S. The minimum Gasteiger partial charge on any atom is -0.490 e. The number of hydrogen-bond donors (Lipinski definition) is 1. The van der Waals surface area contributed by atoms with Crippen LogP contribution in [0.5, 0.6) is 5.75 Å². The van der Waals surface area contributed by atoms with Crippen molar-refractivity contribution in [3.63, 3.8) is 0 Å². The van der Waals surface area contributed by atoms with Crippen LogP contribution in [-0.2, 0) is 11.2 Å². The molecule has 116 valence electrons. The molecule has 4 nitrogen and oxygen atoms in total. The number of thiophene rings is 1. The number of rotatable bonds is 6. The molecule has 1 aromatic heterocycles. The first-order valence-corrected chi connectivity index (χ1v) is 8.47. The molecule has 5 heteroatoms. The highest BCUT2D eigenvalue weighted by molar-refractivity contribution is 7.09. The van der Waals surface area contributed by atoms with Gasteiger partial charge in [0.2, 0.25) is 5.91 Å². The van der Waals surface area contributed by atoms with E-state index in [1.165, 1.54) is 4.88 Å². The highest BCUT2D eigenvalue weighted by Gasteiger charge is 2.16. The lowest BCUT2D eigenvalue weighted by Crippen LogP contribution is -2.39. The molecular weight excluding hydrogens is 296 g/mol. The first-order valence-electron chi connectivity index (χ1n) is 7.59. The van der Waals surface area contributed by atoms with Crippen LogP contribution in [0.4, 0.5) is 5.69 Å². The summed E-state index contributed by atoms with van der Waals surface area (Å²) in [6.45, 7) is 3.04. The van der Waals surface area contributed by atoms with Gasteiger partial charge in [0, 0.05) is 24.4 Å². The lowest BCUT2D eigenvalue weighted by molar-refractivity contribution is -0.120. The summed E-state index contributed by atoms with van der Waals surface area (Å²) in [5.41, 5.74) is 1.11. The predicted molar refractivity (Wildman–Crippen MR) is 89.8 cm³/mol. The number of hydrogen-bond acceptors (Lipinski definition) is 4. The van der Waals surface area contributed by atoms with Crippen molar-refractivity contribution >= 4 is 22.9 Å². The number of carbonyl (C=O) groups is 1. The molecule has 0 saturated carbocycles. The number of benzene rings is 1. The number of para-hydroxylation sites is 2. The molecule has 0 atom stereocenters. The Labute approximate surface area is 134 Å². The topological polar surface area (TPSA) is 41.6 Å². The number of fused-ring (bicyclic) bond motifs is 1. The van der Waals surface area contributed by atoms with E-state index < -0.39 is 0 Å². The van der Waals surface area contributed by atoms with E-state index in [4.69, 9.17) is 4.74 Å². The molecule has 0 aliphatic carbocycles. The Morgan fingerprint density at radius 1 is 1.27 bits per heavy atom. The largest absolute Gasteiger partial charge is 0.490 e. The van der Waals surface area contributed by atoms with Crippen LogP contribution in [0, 0.1) is 0 Å². The second kappa shape index (κ2) is 7.31. The first-order chi connectivity index (χ1) is 10.8. The molecule has 0 unspecified atom stereocenters. The molecule has 2 aromatic rings. The zero-order valence-electron chi connectivity index (χ0n) is 12.5. The molecule has 2 heterocycles. The third-order valence-corrected chi connectivity index (χ3v) is 4.64. The third kappa shape index (κ3) is 3.80. The molecule has 1 aliphatic heterocycles. The number of nitrogens with one attached hydrogen (secondary N) is 1. The van der Waals surface area contributed by atoms with Crippen molar-refractivity contribution in [2.24, 2.45) is 0 Å². The van der Waals surface area contributed by atoms with E-state index in [-0.39, 0.29) is 5.91 Å². The predicted octanol–water partition coefficient (Wildman–Crippen LogP) is 2.70. The standard InChI is InChI=1S/C17H20N2O2S/c20-17(8-7-14-4-3-13-22-14)18-9-10-19-11-12-21-16-6-2-1-5-15(16)19/h1-6,13H,7-12H2,(H,18,20). The second-order valence-electron chi connectivity index (χ2n) is 5.23. The highest BCUT2D eigenvalue weighted by atomic mass is 32.1. The van der Waals surface area contributed by atoms with E-state index in [0.717, 1.165) is 30.9 Å². The van der Waals surface area contributed by atoms with Crippen molar-refractivity contribution in [1.29, 1.82) is 0 Å². The van der Waals surface area contributed by atoms with Gasteiger partial charge >= 0.3 is 0 Å². The van der Waals surface area contributed by atoms with Crippen molar-refractivity contribution in [2.75, 3.05) is 31.1 Å². The molecule has 0 fully saturated rings. The maximum atomic E-state index is 11.9. The zero-order valence-corrected chi connectivity index (χ0v) is 13.3. The van der Waals surface area contributed by atoms with Crippen LogP contribution in [0.15, 0.2) is 41.8 Å². The maximum absolute atomic E-state index is 11.9. The Bertz CT molecular complexity index is 613. The van der Waals surface area contributed by atoms with Gasteiger partial charge in [-0.1, -0.05) is 18.2 Å². The third-order valence-electron chi connectivity index (χ3n) is 3.71. The van der Waals surface area contributed by atoms with Crippen LogP contribution in [0.1, 0.15) is 11.3 Å².